The van der Waals surface area contributed by atoms with E-state index in [2.05, 4.69) is 25.9 Å². The Morgan fingerprint density at radius 1 is 1.53 bits per heavy atom. The number of nitrogens with zero attached hydrogens (tertiary/aromatic N) is 2. The molecule has 0 saturated heterocycles. The van der Waals surface area contributed by atoms with Gasteiger partial charge in [0.1, 0.15) is 10.3 Å². The Balaban J connectivity index is 2.26. The Hall–Kier alpha value is -0.880. The van der Waals surface area contributed by atoms with E-state index in [0.717, 1.165) is 25.7 Å². The maximum Gasteiger partial charge on any atom is 0.267 e. The van der Waals surface area contributed by atoms with E-state index in [-0.39, 0.29) is 17.7 Å². The molecule has 0 spiro atoms. The van der Waals surface area contributed by atoms with Crippen molar-refractivity contribution in [3.63, 3.8) is 0 Å². The van der Waals surface area contributed by atoms with Crippen LogP contribution in [0.25, 0.3) is 0 Å². The number of nitrogens with one attached hydrogen (secondary N) is 1. The van der Waals surface area contributed by atoms with Crippen molar-refractivity contribution in [2.45, 2.75) is 37.8 Å². The lowest BCUT2D eigenvalue weighted by atomic mass is 9.91. The SMILES string of the molecule is CN(c1nc[nH]c(=O)c1Br)C1CCCCC1O. The molecule has 0 bridgehead atoms. The maximum atomic E-state index is 11.5. The van der Waals surface area contributed by atoms with Gasteiger partial charge < -0.3 is 15.0 Å². The van der Waals surface area contributed by atoms with Crippen LogP contribution < -0.4 is 10.5 Å². The molecule has 1 aliphatic rings. The van der Waals surface area contributed by atoms with Crippen LogP contribution in [0.4, 0.5) is 5.82 Å². The number of aliphatic hydroxyl groups is 1. The van der Waals surface area contributed by atoms with Crippen LogP contribution in [0.15, 0.2) is 15.6 Å². The number of aromatic nitrogens is 2. The highest BCUT2D eigenvalue weighted by Crippen LogP contribution is 2.27. The van der Waals surface area contributed by atoms with Gasteiger partial charge in [-0.3, -0.25) is 4.79 Å². The van der Waals surface area contributed by atoms with Crippen molar-refractivity contribution in [2.24, 2.45) is 0 Å². The monoisotopic (exact) mass is 301 g/mol. The summed E-state index contributed by atoms with van der Waals surface area (Å²) in [6.07, 6.45) is 4.95. The number of hydrogen-bond donors (Lipinski definition) is 2. The Bertz CT molecular complexity index is 449. The van der Waals surface area contributed by atoms with Gasteiger partial charge in [0.2, 0.25) is 0 Å². The summed E-state index contributed by atoms with van der Waals surface area (Å²) in [5.41, 5.74) is -0.202. The quantitative estimate of drug-likeness (QED) is 0.863. The van der Waals surface area contributed by atoms with E-state index in [0.29, 0.717) is 10.3 Å². The number of aliphatic hydroxyl groups excluding tert-OH is 1. The second-order valence-corrected chi connectivity index (χ2v) is 5.19. The number of H-pyrrole nitrogens is 1. The molecule has 1 aromatic rings. The summed E-state index contributed by atoms with van der Waals surface area (Å²) < 4.78 is 0.417. The Morgan fingerprint density at radius 2 is 2.24 bits per heavy atom. The number of anilines is 1. The number of rotatable bonds is 2. The molecule has 0 aromatic carbocycles. The van der Waals surface area contributed by atoms with E-state index in [4.69, 9.17) is 0 Å². The van der Waals surface area contributed by atoms with Crippen molar-refractivity contribution >= 4 is 21.7 Å². The molecule has 1 aromatic heterocycles. The molecule has 5 nitrogen and oxygen atoms in total. The van der Waals surface area contributed by atoms with Gasteiger partial charge in [0.05, 0.1) is 18.5 Å². The van der Waals surface area contributed by atoms with Crippen molar-refractivity contribution in [1.29, 1.82) is 0 Å². The van der Waals surface area contributed by atoms with Crippen molar-refractivity contribution in [1.82, 2.24) is 9.97 Å². The predicted octanol–water partition coefficient (Wildman–Crippen LogP) is 1.27. The summed E-state index contributed by atoms with van der Waals surface area (Å²) in [5.74, 6) is 0.583. The fourth-order valence-corrected chi connectivity index (χ4v) is 2.82. The second-order valence-electron chi connectivity index (χ2n) is 4.40. The van der Waals surface area contributed by atoms with Crippen LogP contribution in [0.1, 0.15) is 25.7 Å². The summed E-state index contributed by atoms with van der Waals surface area (Å²) >= 11 is 3.24. The van der Waals surface area contributed by atoms with E-state index in [1.54, 1.807) is 0 Å². The molecule has 2 unspecified atom stereocenters. The van der Waals surface area contributed by atoms with Gasteiger partial charge in [0.25, 0.3) is 5.56 Å². The second kappa shape index (κ2) is 5.18. The highest BCUT2D eigenvalue weighted by molar-refractivity contribution is 9.10. The average molecular weight is 302 g/mol. The maximum absolute atomic E-state index is 11.5. The highest BCUT2D eigenvalue weighted by atomic mass is 79.9. The van der Waals surface area contributed by atoms with Gasteiger partial charge in [0, 0.05) is 7.05 Å². The minimum absolute atomic E-state index is 0.0364. The summed E-state index contributed by atoms with van der Waals surface area (Å²) in [6, 6.07) is 0.0364. The van der Waals surface area contributed by atoms with E-state index in [1.165, 1.54) is 6.33 Å². The van der Waals surface area contributed by atoms with E-state index in [1.807, 2.05) is 11.9 Å². The zero-order valence-electron chi connectivity index (χ0n) is 9.69. The minimum Gasteiger partial charge on any atom is -0.391 e. The molecule has 1 aliphatic carbocycles. The van der Waals surface area contributed by atoms with Crippen LogP contribution in [0, 0.1) is 0 Å². The molecule has 2 N–H and O–H groups in total. The van der Waals surface area contributed by atoms with E-state index < -0.39 is 0 Å². The molecule has 1 fully saturated rings. The van der Waals surface area contributed by atoms with Crippen molar-refractivity contribution in [3.05, 3.63) is 21.2 Å². The fourth-order valence-electron chi connectivity index (χ4n) is 2.32. The lowest BCUT2D eigenvalue weighted by Crippen LogP contribution is -2.44. The third kappa shape index (κ3) is 2.52. The Labute approximate surface area is 108 Å². The van der Waals surface area contributed by atoms with Crippen LogP contribution in [-0.2, 0) is 0 Å². The van der Waals surface area contributed by atoms with Crippen LogP contribution in [0.5, 0.6) is 0 Å². The molecule has 1 saturated carbocycles. The number of likely N-dealkylation sites (N-methyl/N-ethyl adjacent to an activating group) is 1. The van der Waals surface area contributed by atoms with Crippen molar-refractivity contribution in [2.75, 3.05) is 11.9 Å². The molecule has 94 valence electrons. The molecule has 2 rings (SSSR count). The summed E-state index contributed by atoms with van der Waals surface area (Å²) in [4.78, 5) is 20.0. The normalized spacial score (nSPS) is 24.6. The number of halogens is 1. The lowest BCUT2D eigenvalue weighted by molar-refractivity contribution is 0.106. The molecule has 0 aliphatic heterocycles. The molecular weight excluding hydrogens is 286 g/mol. The lowest BCUT2D eigenvalue weighted by Gasteiger charge is -2.36. The average Bonchev–Trinajstić information content (AvgIpc) is 2.32. The summed E-state index contributed by atoms with van der Waals surface area (Å²) in [7, 11) is 1.87. The van der Waals surface area contributed by atoms with Crippen molar-refractivity contribution in [3.8, 4) is 0 Å². The number of aromatic amines is 1. The fraction of sp³-hybridized carbons (Fsp3) is 0.636. The Morgan fingerprint density at radius 3 is 2.94 bits per heavy atom. The van der Waals surface area contributed by atoms with Crippen LogP contribution >= 0.6 is 15.9 Å². The van der Waals surface area contributed by atoms with Gasteiger partial charge in [-0.05, 0) is 28.8 Å². The van der Waals surface area contributed by atoms with Gasteiger partial charge in [0.15, 0.2) is 0 Å². The molecule has 0 radical (unpaired) electrons. The largest absolute Gasteiger partial charge is 0.391 e. The van der Waals surface area contributed by atoms with Crippen LogP contribution in [0.3, 0.4) is 0 Å². The van der Waals surface area contributed by atoms with E-state index in [9.17, 15) is 9.90 Å². The first-order valence-electron chi connectivity index (χ1n) is 5.75. The molecular formula is C11H16BrN3O2. The third-order valence-corrected chi connectivity index (χ3v) is 4.02. The molecule has 6 heteroatoms. The van der Waals surface area contributed by atoms with Gasteiger partial charge >= 0.3 is 0 Å². The third-order valence-electron chi connectivity index (χ3n) is 3.30. The van der Waals surface area contributed by atoms with Crippen LogP contribution in [-0.4, -0.2) is 34.3 Å². The summed E-state index contributed by atoms with van der Waals surface area (Å²) in [5, 5.41) is 9.99. The molecule has 2 atom stereocenters. The number of hydrogen-bond acceptors (Lipinski definition) is 4. The Kier molecular flexibility index (Phi) is 3.83. The molecule has 1 heterocycles. The minimum atomic E-state index is -0.346. The highest BCUT2D eigenvalue weighted by Gasteiger charge is 2.28. The van der Waals surface area contributed by atoms with Gasteiger partial charge in [-0.25, -0.2) is 4.98 Å². The predicted molar refractivity (Wildman–Crippen MR) is 69.2 cm³/mol. The first kappa shape index (κ1) is 12.6. The van der Waals surface area contributed by atoms with Gasteiger partial charge in [-0.1, -0.05) is 12.8 Å². The topological polar surface area (TPSA) is 69.2 Å². The zero-order valence-corrected chi connectivity index (χ0v) is 11.3. The van der Waals surface area contributed by atoms with Crippen molar-refractivity contribution < 1.29 is 5.11 Å². The smallest absolute Gasteiger partial charge is 0.267 e. The van der Waals surface area contributed by atoms with Gasteiger partial charge in [-0.2, -0.15) is 0 Å². The standard InChI is InChI=1S/C11H16BrN3O2/c1-15(7-4-2-3-5-8(7)16)10-9(12)11(17)14-6-13-10/h6-8,16H,2-5H2,1H3,(H,13,14,17). The summed E-state index contributed by atoms with van der Waals surface area (Å²) in [6.45, 7) is 0. The first-order chi connectivity index (χ1) is 8.11. The first-order valence-corrected chi connectivity index (χ1v) is 6.54. The molecule has 0 amide bonds. The van der Waals surface area contributed by atoms with Crippen LogP contribution in [0.2, 0.25) is 0 Å². The zero-order chi connectivity index (χ0) is 12.4. The van der Waals surface area contributed by atoms with Gasteiger partial charge in [-0.15, -0.1) is 0 Å². The van der Waals surface area contributed by atoms with E-state index >= 15 is 0 Å². The molecule has 17 heavy (non-hydrogen) atoms.